The molecule has 0 radical (unpaired) electrons. The summed E-state index contributed by atoms with van der Waals surface area (Å²) in [5.41, 5.74) is 3.92. The van der Waals surface area contributed by atoms with Gasteiger partial charge in [-0.15, -0.1) is 0 Å². The number of hydrogen-bond donors (Lipinski definition) is 2. The maximum absolute atomic E-state index is 10.5. The lowest BCUT2D eigenvalue weighted by molar-refractivity contribution is 0.440. The highest BCUT2D eigenvalue weighted by Gasteiger charge is 2.08. The van der Waals surface area contributed by atoms with Crippen molar-refractivity contribution in [3.63, 3.8) is 0 Å². The van der Waals surface area contributed by atoms with Gasteiger partial charge in [-0.1, -0.05) is 42.5 Å². The fourth-order valence-corrected chi connectivity index (χ4v) is 4.20. The largest absolute Gasteiger partial charge is 0.508 e. The van der Waals surface area contributed by atoms with Crippen LogP contribution in [0, 0.1) is 0 Å². The predicted octanol–water partition coefficient (Wildman–Crippen LogP) is 7.57. The van der Waals surface area contributed by atoms with Crippen molar-refractivity contribution in [2.24, 2.45) is 0 Å². The fraction of sp³-hybridized carbons (Fsp3) is 0. The Morgan fingerprint density at radius 2 is 1.06 bits per heavy atom. The molecule has 0 fully saturated rings. The normalized spacial score (nSPS) is 12.5. The Bertz CT molecular complexity index is 1610. The van der Waals surface area contributed by atoms with Crippen molar-refractivity contribution in [3.05, 3.63) is 115 Å². The second-order valence-electron chi connectivity index (χ2n) is 8.27. The fourth-order valence-electron chi connectivity index (χ4n) is 4.20. The van der Waals surface area contributed by atoms with Crippen LogP contribution >= 0.6 is 0 Å². The Morgan fingerprint density at radius 1 is 0.485 bits per heavy atom. The van der Waals surface area contributed by atoms with Crippen molar-refractivity contribution in [3.8, 4) is 39.5 Å². The third kappa shape index (κ3) is 3.70. The number of benzene rings is 5. The first kappa shape index (κ1) is 19.2. The topological polar surface area (TPSA) is 49.7 Å². The third-order valence-corrected chi connectivity index (χ3v) is 5.98. The summed E-state index contributed by atoms with van der Waals surface area (Å²) in [4.78, 5) is 0. The number of phenolic OH excluding ortho intramolecular Hbond substituents is 2. The molecular formula is C30H20O3. The molecule has 0 aromatic heterocycles. The Kier molecular flexibility index (Phi) is 4.41. The van der Waals surface area contributed by atoms with Gasteiger partial charge in [0.2, 0.25) is 0 Å². The van der Waals surface area contributed by atoms with Gasteiger partial charge in [-0.3, -0.25) is 0 Å². The van der Waals surface area contributed by atoms with Crippen LogP contribution in [0.2, 0.25) is 0 Å². The number of allylic oxidation sites excluding steroid dienone is 3. The first-order valence-electron chi connectivity index (χ1n) is 10.8. The van der Waals surface area contributed by atoms with E-state index in [0.717, 1.165) is 55.3 Å². The summed E-state index contributed by atoms with van der Waals surface area (Å²) in [6, 6.07) is 29.4. The molecule has 3 nitrogen and oxygen atoms in total. The van der Waals surface area contributed by atoms with Crippen LogP contribution in [0.4, 0.5) is 0 Å². The lowest BCUT2D eigenvalue weighted by Crippen LogP contribution is -1.95. The molecule has 0 atom stereocenters. The average Bonchev–Trinajstić information content (AvgIpc) is 2.80. The van der Waals surface area contributed by atoms with Gasteiger partial charge in [0.15, 0.2) is 0 Å². The van der Waals surface area contributed by atoms with Crippen LogP contribution in [-0.2, 0) is 0 Å². The molecule has 0 bridgehead atoms. The zero-order valence-electron chi connectivity index (χ0n) is 17.7. The molecule has 1 aliphatic carbocycles. The van der Waals surface area contributed by atoms with E-state index < -0.39 is 0 Å². The molecule has 0 saturated heterocycles. The maximum Gasteiger partial charge on any atom is 0.128 e. The molecule has 1 aliphatic rings. The second kappa shape index (κ2) is 7.57. The van der Waals surface area contributed by atoms with Gasteiger partial charge in [0.05, 0.1) is 0 Å². The van der Waals surface area contributed by atoms with Crippen LogP contribution < -0.4 is 4.74 Å². The molecule has 0 spiro atoms. The van der Waals surface area contributed by atoms with Gasteiger partial charge < -0.3 is 14.9 Å². The highest BCUT2D eigenvalue weighted by atomic mass is 16.5. The minimum Gasteiger partial charge on any atom is -0.508 e. The zero-order valence-corrected chi connectivity index (χ0v) is 17.7. The third-order valence-electron chi connectivity index (χ3n) is 5.98. The molecule has 0 amide bonds. The van der Waals surface area contributed by atoms with Gasteiger partial charge in [-0.05, 0) is 111 Å². The summed E-state index contributed by atoms with van der Waals surface area (Å²) in [6.07, 6.45) is 5.83. The zero-order chi connectivity index (χ0) is 22.4. The van der Waals surface area contributed by atoms with Gasteiger partial charge in [0.1, 0.15) is 23.0 Å². The summed E-state index contributed by atoms with van der Waals surface area (Å²) in [6.45, 7) is 0. The van der Waals surface area contributed by atoms with Gasteiger partial charge in [0.25, 0.3) is 0 Å². The van der Waals surface area contributed by atoms with Crippen molar-refractivity contribution in [1.29, 1.82) is 0 Å². The van der Waals surface area contributed by atoms with E-state index in [-0.39, 0.29) is 11.5 Å². The SMILES string of the molecule is Oc1cc(-c2ccc3cc(O)ccc3c2)cc(-c2ccc3cc(OC4=CC=C4)ccc3c2)c1. The molecule has 33 heavy (non-hydrogen) atoms. The molecule has 0 unspecified atom stereocenters. The predicted molar refractivity (Wildman–Crippen MR) is 134 cm³/mol. The number of ether oxygens (including phenoxy) is 1. The molecule has 0 saturated carbocycles. The molecule has 0 heterocycles. The van der Waals surface area contributed by atoms with Crippen LogP contribution in [0.3, 0.4) is 0 Å². The summed E-state index contributed by atoms with van der Waals surface area (Å²) in [7, 11) is 0. The summed E-state index contributed by atoms with van der Waals surface area (Å²) >= 11 is 0. The van der Waals surface area contributed by atoms with Crippen molar-refractivity contribution < 1.29 is 14.9 Å². The minimum atomic E-state index is 0.221. The van der Waals surface area contributed by atoms with Crippen molar-refractivity contribution >= 4 is 21.5 Å². The van der Waals surface area contributed by atoms with Crippen LogP contribution in [-0.4, -0.2) is 10.2 Å². The Balaban J connectivity index is 1.37. The molecule has 0 aliphatic heterocycles. The maximum atomic E-state index is 10.5. The Labute approximate surface area is 191 Å². The average molecular weight is 428 g/mol. The number of fused-ring (bicyclic) bond motifs is 2. The molecule has 3 heteroatoms. The number of aromatic hydroxyl groups is 2. The smallest absolute Gasteiger partial charge is 0.128 e. The van der Waals surface area contributed by atoms with Crippen LogP contribution in [0.15, 0.2) is 115 Å². The molecule has 2 N–H and O–H groups in total. The van der Waals surface area contributed by atoms with Gasteiger partial charge in [0, 0.05) is 0 Å². The van der Waals surface area contributed by atoms with Crippen LogP contribution in [0.5, 0.6) is 17.2 Å². The monoisotopic (exact) mass is 428 g/mol. The van der Waals surface area contributed by atoms with Crippen molar-refractivity contribution in [1.82, 2.24) is 0 Å². The van der Waals surface area contributed by atoms with Crippen LogP contribution in [0.1, 0.15) is 0 Å². The lowest BCUT2D eigenvalue weighted by atomic mass is 9.95. The second-order valence-corrected chi connectivity index (χ2v) is 8.27. The molecule has 5 aromatic carbocycles. The number of phenols is 2. The van der Waals surface area contributed by atoms with Gasteiger partial charge >= 0.3 is 0 Å². The minimum absolute atomic E-state index is 0.221. The molecular weight excluding hydrogens is 408 g/mol. The van der Waals surface area contributed by atoms with Crippen molar-refractivity contribution in [2.45, 2.75) is 0 Å². The standard InChI is InChI=1S/C30H20O3/c31-27-10-8-19-12-21(4-6-23(19)15-27)25-14-26(17-28(32)16-25)22-5-7-24-18-30(11-9-20(24)13-22)33-29-2-1-3-29/h1-18,31-32H. The van der Waals surface area contributed by atoms with E-state index in [1.165, 1.54) is 0 Å². The first-order valence-corrected chi connectivity index (χ1v) is 10.8. The highest BCUT2D eigenvalue weighted by Crippen LogP contribution is 2.34. The number of hydrogen-bond acceptors (Lipinski definition) is 3. The Morgan fingerprint density at radius 3 is 1.70 bits per heavy atom. The van der Waals surface area contributed by atoms with E-state index >= 15 is 0 Å². The van der Waals surface area contributed by atoms with E-state index in [4.69, 9.17) is 4.74 Å². The molecule has 6 rings (SSSR count). The number of rotatable bonds is 4. The van der Waals surface area contributed by atoms with E-state index in [1.54, 1.807) is 24.3 Å². The van der Waals surface area contributed by atoms with Gasteiger partial charge in [-0.25, -0.2) is 0 Å². The lowest BCUT2D eigenvalue weighted by Gasteiger charge is -2.12. The van der Waals surface area contributed by atoms with Gasteiger partial charge in [-0.2, -0.15) is 0 Å². The van der Waals surface area contributed by atoms with Crippen LogP contribution in [0.25, 0.3) is 43.8 Å². The Hall–Kier alpha value is -4.50. The quantitative estimate of drug-likeness (QED) is 0.310. The summed E-state index contributed by atoms with van der Waals surface area (Å²) in [5.74, 6) is 2.15. The molecule has 158 valence electrons. The molecule has 5 aromatic rings. The van der Waals surface area contributed by atoms with E-state index in [1.807, 2.05) is 48.6 Å². The van der Waals surface area contributed by atoms with E-state index in [9.17, 15) is 10.2 Å². The highest BCUT2D eigenvalue weighted by molar-refractivity contribution is 5.91. The first-order chi connectivity index (χ1) is 16.1. The summed E-state index contributed by atoms with van der Waals surface area (Å²) in [5, 5.41) is 24.4. The summed E-state index contributed by atoms with van der Waals surface area (Å²) < 4.78 is 5.82. The van der Waals surface area contributed by atoms with E-state index in [0.29, 0.717) is 0 Å². The van der Waals surface area contributed by atoms with E-state index in [2.05, 4.69) is 36.4 Å². The van der Waals surface area contributed by atoms with Crippen molar-refractivity contribution in [2.75, 3.05) is 0 Å².